The van der Waals surface area contributed by atoms with Crippen LogP contribution in [0, 0.1) is 23.7 Å². The van der Waals surface area contributed by atoms with Crippen molar-refractivity contribution in [2.24, 2.45) is 23.7 Å². The molecule has 0 aromatic heterocycles. The van der Waals surface area contributed by atoms with E-state index in [9.17, 15) is 4.79 Å². The standard InChI is InChI=1S/C13H24O/c1-9(2)8-11-6-5-7-12(11)13(14)10(3)4/h9-12H,5-8H2,1-4H3/t11-,12+/m0/s1. The summed E-state index contributed by atoms with van der Waals surface area (Å²) in [6.07, 6.45) is 4.93. The van der Waals surface area contributed by atoms with Crippen molar-refractivity contribution in [3.63, 3.8) is 0 Å². The van der Waals surface area contributed by atoms with Crippen molar-refractivity contribution in [2.45, 2.75) is 53.4 Å². The molecule has 0 aromatic rings. The molecule has 82 valence electrons. The minimum atomic E-state index is 0.229. The fourth-order valence-electron chi connectivity index (χ4n) is 2.73. The highest BCUT2D eigenvalue weighted by Crippen LogP contribution is 2.37. The van der Waals surface area contributed by atoms with E-state index in [1.165, 1.54) is 19.3 Å². The zero-order valence-electron chi connectivity index (χ0n) is 10.0. The van der Waals surface area contributed by atoms with E-state index in [-0.39, 0.29) is 5.92 Å². The Bertz CT molecular complexity index is 193. The summed E-state index contributed by atoms with van der Waals surface area (Å²) in [4.78, 5) is 11.9. The van der Waals surface area contributed by atoms with Gasteiger partial charge in [0.1, 0.15) is 5.78 Å². The number of Topliss-reactive ketones (excluding diaryl/α,β-unsaturated/α-hetero) is 1. The molecule has 0 unspecified atom stereocenters. The smallest absolute Gasteiger partial charge is 0.138 e. The Balaban J connectivity index is 2.55. The van der Waals surface area contributed by atoms with Crippen molar-refractivity contribution in [1.82, 2.24) is 0 Å². The molecule has 1 saturated carbocycles. The molecule has 2 atom stereocenters. The summed E-state index contributed by atoms with van der Waals surface area (Å²) in [7, 11) is 0. The zero-order chi connectivity index (χ0) is 10.7. The number of ketones is 1. The van der Waals surface area contributed by atoms with Crippen LogP contribution in [-0.2, 0) is 4.79 Å². The summed E-state index contributed by atoms with van der Waals surface area (Å²) < 4.78 is 0. The van der Waals surface area contributed by atoms with Crippen molar-refractivity contribution in [1.29, 1.82) is 0 Å². The van der Waals surface area contributed by atoms with Crippen LogP contribution in [0.5, 0.6) is 0 Å². The first-order chi connectivity index (χ1) is 6.52. The number of carbonyl (C=O) groups excluding carboxylic acids is 1. The number of hydrogen-bond donors (Lipinski definition) is 0. The molecule has 0 bridgehead atoms. The monoisotopic (exact) mass is 196 g/mol. The zero-order valence-corrected chi connectivity index (χ0v) is 10.0. The molecule has 0 aliphatic heterocycles. The average Bonchev–Trinajstić information content (AvgIpc) is 2.49. The van der Waals surface area contributed by atoms with Gasteiger partial charge in [-0.1, -0.05) is 34.1 Å². The van der Waals surface area contributed by atoms with Gasteiger partial charge in [0.2, 0.25) is 0 Å². The normalized spacial score (nSPS) is 27.6. The molecule has 0 N–H and O–H groups in total. The first kappa shape index (κ1) is 11.7. The van der Waals surface area contributed by atoms with E-state index in [4.69, 9.17) is 0 Å². The van der Waals surface area contributed by atoms with Crippen LogP contribution in [0.4, 0.5) is 0 Å². The molecule has 1 aliphatic carbocycles. The molecular weight excluding hydrogens is 172 g/mol. The highest BCUT2D eigenvalue weighted by molar-refractivity contribution is 5.83. The van der Waals surface area contributed by atoms with E-state index < -0.39 is 0 Å². The summed E-state index contributed by atoms with van der Waals surface area (Å²) in [6, 6.07) is 0. The number of hydrogen-bond acceptors (Lipinski definition) is 1. The van der Waals surface area contributed by atoms with Gasteiger partial charge in [-0.25, -0.2) is 0 Å². The Kier molecular flexibility index (Phi) is 4.15. The van der Waals surface area contributed by atoms with E-state index in [0.29, 0.717) is 17.6 Å². The van der Waals surface area contributed by atoms with Gasteiger partial charge in [0.05, 0.1) is 0 Å². The molecule has 1 nitrogen and oxygen atoms in total. The predicted octanol–water partition coefficient (Wildman–Crippen LogP) is 3.67. The molecule has 14 heavy (non-hydrogen) atoms. The van der Waals surface area contributed by atoms with Crippen LogP contribution < -0.4 is 0 Å². The van der Waals surface area contributed by atoms with Gasteiger partial charge < -0.3 is 0 Å². The van der Waals surface area contributed by atoms with Gasteiger partial charge in [-0.3, -0.25) is 4.79 Å². The van der Waals surface area contributed by atoms with Crippen molar-refractivity contribution >= 4 is 5.78 Å². The SMILES string of the molecule is CC(C)C[C@@H]1CCC[C@H]1C(=O)C(C)C. The van der Waals surface area contributed by atoms with Crippen LogP contribution in [0.15, 0.2) is 0 Å². The minimum Gasteiger partial charge on any atom is -0.299 e. The first-order valence-corrected chi connectivity index (χ1v) is 6.06. The molecule has 1 rings (SSSR count). The minimum absolute atomic E-state index is 0.229. The molecule has 0 radical (unpaired) electrons. The second kappa shape index (κ2) is 4.95. The van der Waals surface area contributed by atoms with Crippen LogP contribution in [-0.4, -0.2) is 5.78 Å². The highest BCUT2D eigenvalue weighted by Gasteiger charge is 2.33. The largest absolute Gasteiger partial charge is 0.299 e. The molecular formula is C13H24O. The fourth-order valence-corrected chi connectivity index (χ4v) is 2.73. The molecule has 0 saturated heterocycles. The number of rotatable bonds is 4. The van der Waals surface area contributed by atoms with E-state index in [1.54, 1.807) is 0 Å². The third kappa shape index (κ3) is 2.83. The van der Waals surface area contributed by atoms with Crippen LogP contribution in [0.25, 0.3) is 0 Å². The van der Waals surface area contributed by atoms with Gasteiger partial charge in [-0.15, -0.1) is 0 Å². The van der Waals surface area contributed by atoms with Crippen LogP contribution in [0.1, 0.15) is 53.4 Å². The molecule has 0 heterocycles. The second-order valence-electron chi connectivity index (χ2n) is 5.48. The molecule has 0 aromatic carbocycles. The van der Waals surface area contributed by atoms with Crippen molar-refractivity contribution < 1.29 is 4.79 Å². The lowest BCUT2D eigenvalue weighted by molar-refractivity contribution is -0.127. The van der Waals surface area contributed by atoms with Gasteiger partial charge in [0.15, 0.2) is 0 Å². The Labute approximate surface area is 88.3 Å². The Morgan fingerprint density at radius 3 is 2.36 bits per heavy atom. The van der Waals surface area contributed by atoms with Gasteiger partial charge in [0.25, 0.3) is 0 Å². The van der Waals surface area contributed by atoms with Crippen molar-refractivity contribution in [3.8, 4) is 0 Å². The Morgan fingerprint density at radius 2 is 1.86 bits per heavy atom. The fraction of sp³-hybridized carbons (Fsp3) is 0.923. The third-order valence-corrected chi connectivity index (χ3v) is 3.37. The maximum absolute atomic E-state index is 11.9. The van der Waals surface area contributed by atoms with E-state index >= 15 is 0 Å². The van der Waals surface area contributed by atoms with Gasteiger partial charge in [-0.05, 0) is 31.1 Å². The lowest BCUT2D eigenvalue weighted by Gasteiger charge is -2.21. The quantitative estimate of drug-likeness (QED) is 0.670. The summed E-state index contributed by atoms with van der Waals surface area (Å²) in [5.41, 5.74) is 0. The van der Waals surface area contributed by atoms with E-state index in [1.807, 2.05) is 13.8 Å². The van der Waals surface area contributed by atoms with E-state index in [2.05, 4.69) is 13.8 Å². The lowest BCUT2D eigenvalue weighted by atomic mass is 9.82. The average molecular weight is 196 g/mol. The summed E-state index contributed by atoms with van der Waals surface area (Å²) in [5, 5.41) is 0. The van der Waals surface area contributed by atoms with Crippen LogP contribution >= 0.6 is 0 Å². The summed E-state index contributed by atoms with van der Waals surface area (Å²) in [6.45, 7) is 8.59. The Morgan fingerprint density at radius 1 is 1.21 bits per heavy atom. The highest BCUT2D eigenvalue weighted by atomic mass is 16.1. The topological polar surface area (TPSA) is 17.1 Å². The maximum atomic E-state index is 11.9. The van der Waals surface area contributed by atoms with E-state index in [0.717, 1.165) is 12.3 Å². The first-order valence-electron chi connectivity index (χ1n) is 6.06. The van der Waals surface area contributed by atoms with Crippen LogP contribution in [0.2, 0.25) is 0 Å². The van der Waals surface area contributed by atoms with Gasteiger partial charge in [-0.2, -0.15) is 0 Å². The van der Waals surface area contributed by atoms with Gasteiger partial charge in [0, 0.05) is 11.8 Å². The van der Waals surface area contributed by atoms with Gasteiger partial charge >= 0.3 is 0 Å². The summed E-state index contributed by atoms with van der Waals surface area (Å²) >= 11 is 0. The Hall–Kier alpha value is -0.330. The second-order valence-corrected chi connectivity index (χ2v) is 5.48. The molecule has 1 fully saturated rings. The van der Waals surface area contributed by atoms with Crippen molar-refractivity contribution in [2.75, 3.05) is 0 Å². The molecule has 1 heteroatoms. The predicted molar refractivity (Wildman–Crippen MR) is 60.1 cm³/mol. The molecule has 0 spiro atoms. The summed E-state index contributed by atoms with van der Waals surface area (Å²) in [5.74, 6) is 2.55. The molecule has 0 amide bonds. The maximum Gasteiger partial charge on any atom is 0.138 e. The number of carbonyl (C=O) groups is 1. The lowest BCUT2D eigenvalue weighted by Crippen LogP contribution is -2.24. The molecule has 1 aliphatic rings. The van der Waals surface area contributed by atoms with Crippen molar-refractivity contribution in [3.05, 3.63) is 0 Å². The van der Waals surface area contributed by atoms with Crippen LogP contribution in [0.3, 0.4) is 0 Å². The third-order valence-electron chi connectivity index (χ3n) is 3.37.